The van der Waals surface area contributed by atoms with Gasteiger partial charge in [-0.15, -0.1) is 0 Å². The highest BCUT2D eigenvalue weighted by atomic mass is 16.5. The van der Waals surface area contributed by atoms with Crippen LogP contribution in [0.25, 0.3) is 11.4 Å². The molecule has 1 aliphatic rings. The molecule has 4 nitrogen and oxygen atoms in total. The lowest BCUT2D eigenvalue weighted by atomic mass is 9.88. The van der Waals surface area contributed by atoms with Gasteiger partial charge in [-0.05, 0) is 38.1 Å². The van der Waals surface area contributed by atoms with E-state index < -0.39 is 0 Å². The topological polar surface area (TPSA) is 42.2 Å². The molecule has 1 aromatic heterocycles. The molecule has 4 heteroatoms. The summed E-state index contributed by atoms with van der Waals surface area (Å²) >= 11 is 0. The third kappa shape index (κ3) is 3.55. The monoisotopic (exact) mass is 299 g/mol. The standard InChI is InChI=1S/C18H25N3O/c1-13(2)16-5-4-10-21(11-16)12-17-19-18(20-22-17)15-8-6-14(3)7-9-15/h6-9,13,16H,4-5,10-12H2,1-3H3/t16-/m1/s1. The first-order valence-corrected chi connectivity index (χ1v) is 8.24. The van der Waals surface area contributed by atoms with E-state index in [4.69, 9.17) is 4.52 Å². The van der Waals surface area contributed by atoms with Crippen LogP contribution in [0.4, 0.5) is 0 Å². The van der Waals surface area contributed by atoms with Crippen LogP contribution in [0.5, 0.6) is 0 Å². The number of nitrogens with zero attached hydrogens (tertiary/aromatic N) is 3. The van der Waals surface area contributed by atoms with E-state index in [0.717, 1.165) is 42.9 Å². The lowest BCUT2D eigenvalue weighted by Crippen LogP contribution is -2.36. The summed E-state index contributed by atoms with van der Waals surface area (Å²) in [6.07, 6.45) is 2.61. The molecule has 0 aliphatic carbocycles. The Labute approximate surface area is 132 Å². The fourth-order valence-electron chi connectivity index (χ4n) is 3.11. The summed E-state index contributed by atoms with van der Waals surface area (Å²) in [4.78, 5) is 7.00. The van der Waals surface area contributed by atoms with Crippen LogP contribution >= 0.6 is 0 Å². The van der Waals surface area contributed by atoms with E-state index >= 15 is 0 Å². The minimum atomic E-state index is 0.687. The Hall–Kier alpha value is -1.68. The summed E-state index contributed by atoms with van der Waals surface area (Å²) in [5.41, 5.74) is 2.25. The van der Waals surface area contributed by atoms with Gasteiger partial charge in [-0.3, -0.25) is 4.90 Å². The third-order valence-corrected chi connectivity index (χ3v) is 4.62. The molecule has 2 aromatic rings. The minimum absolute atomic E-state index is 0.687. The molecular weight excluding hydrogens is 274 g/mol. The van der Waals surface area contributed by atoms with Gasteiger partial charge in [0.05, 0.1) is 6.54 Å². The maximum atomic E-state index is 5.44. The lowest BCUT2D eigenvalue weighted by molar-refractivity contribution is 0.126. The van der Waals surface area contributed by atoms with Crippen molar-refractivity contribution in [2.45, 2.75) is 40.2 Å². The van der Waals surface area contributed by atoms with Crippen molar-refractivity contribution in [1.29, 1.82) is 0 Å². The van der Waals surface area contributed by atoms with E-state index in [1.54, 1.807) is 0 Å². The first-order chi connectivity index (χ1) is 10.6. The normalized spacial score (nSPS) is 19.7. The van der Waals surface area contributed by atoms with Gasteiger partial charge in [-0.25, -0.2) is 0 Å². The van der Waals surface area contributed by atoms with E-state index in [1.165, 1.54) is 18.4 Å². The predicted octanol–water partition coefficient (Wildman–Crippen LogP) is 3.91. The van der Waals surface area contributed by atoms with Gasteiger partial charge < -0.3 is 4.52 Å². The van der Waals surface area contributed by atoms with Crippen molar-refractivity contribution < 1.29 is 4.52 Å². The number of likely N-dealkylation sites (tertiary alicyclic amines) is 1. The predicted molar refractivity (Wildman–Crippen MR) is 87.3 cm³/mol. The van der Waals surface area contributed by atoms with Gasteiger partial charge in [0.15, 0.2) is 0 Å². The second-order valence-corrected chi connectivity index (χ2v) is 6.76. The van der Waals surface area contributed by atoms with Crippen molar-refractivity contribution in [2.75, 3.05) is 13.1 Å². The van der Waals surface area contributed by atoms with Gasteiger partial charge in [0.1, 0.15) is 0 Å². The molecule has 0 unspecified atom stereocenters. The van der Waals surface area contributed by atoms with Crippen LogP contribution in [-0.4, -0.2) is 28.1 Å². The third-order valence-electron chi connectivity index (χ3n) is 4.62. The van der Waals surface area contributed by atoms with E-state index in [0.29, 0.717) is 5.82 Å². The maximum absolute atomic E-state index is 5.44. The highest BCUT2D eigenvalue weighted by molar-refractivity contribution is 5.54. The van der Waals surface area contributed by atoms with Gasteiger partial charge in [-0.2, -0.15) is 4.98 Å². The van der Waals surface area contributed by atoms with Crippen molar-refractivity contribution in [3.8, 4) is 11.4 Å². The number of hydrogen-bond donors (Lipinski definition) is 0. The zero-order valence-electron chi connectivity index (χ0n) is 13.7. The molecule has 3 rings (SSSR count). The molecule has 1 aliphatic heterocycles. The average Bonchev–Trinajstić information content (AvgIpc) is 2.96. The Kier molecular flexibility index (Phi) is 4.57. The number of aromatic nitrogens is 2. The fourth-order valence-corrected chi connectivity index (χ4v) is 3.11. The Morgan fingerprint density at radius 1 is 1.27 bits per heavy atom. The summed E-state index contributed by atoms with van der Waals surface area (Å²) in [7, 11) is 0. The second-order valence-electron chi connectivity index (χ2n) is 6.76. The van der Waals surface area contributed by atoms with Gasteiger partial charge >= 0.3 is 0 Å². The second kappa shape index (κ2) is 6.61. The van der Waals surface area contributed by atoms with Gasteiger partial charge in [-0.1, -0.05) is 48.8 Å². The van der Waals surface area contributed by atoms with Crippen LogP contribution in [0.15, 0.2) is 28.8 Å². The number of piperidine rings is 1. The number of aryl methyl sites for hydroxylation is 1. The van der Waals surface area contributed by atoms with E-state index in [1.807, 2.05) is 12.1 Å². The fraction of sp³-hybridized carbons (Fsp3) is 0.556. The minimum Gasteiger partial charge on any atom is -0.338 e. The van der Waals surface area contributed by atoms with Crippen molar-refractivity contribution >= 4 is 0 Å². The highest BCUT2D eigenvalue weighted by Gasteiger charge is 2.23. The van der Waals surface area contributed by atoms with E-state index in [2.05, 4.69) is 47.9 Å². The van der Waals surface area contributed by atoms with Gasteiger partial charge in [0, 0.05) is 12.1 Å². The largest absolute Gasteiger partial charge is 0.338 e. The summed E-state index contributed by atoms with van der Waals surface area (Å²) in [5.74, 6) is 2.94. The molecule has 0 amide bonds. The Morgan fingerprint density at radius 3 is 2.77 bits per heavy atom. The SMILES string of the molecule is Cc1ccc(-c2noc(CN3CCC[C@@H](C(C)C)C3)n2)cc1. The molecule has 118 valence electrons. The summed E-state index contributed by atoms with van der Waals surface area (Å²) in [6.45, 7) is 9.74. The highest BCUT2D eigenvalue weighted by Crippen LogP contribution is 2.25. The molecule has 1 aromatic carbocycles. The van der Waals surface area contributed by atoms with Gasteiger partial charge in [0.2, 0.25) is 11.7 Å². The number of rotatable bonds is 4. The molecule has 0 N–H and O–H groups in total. The van der Waals surface area contributed by atoms with E-state index in [9.17, 15) is 0 Å². The molecule has 0 bridgehead atoms. The number of benzene rings is 1. The molecule has 1 saturated heterocycles. The van der Waals surface area contributed by atoms with Crippen LogP contribution in [0.2, 0.25) is 0 Å². The van der Waals surface area contributed by atoms with Crippen LogP contribution in [0, 0.1) is 18.8 Å². The zero-order valence-corrected chi connectivity index (χ0v) is 13.7. The molecule has 0 radical (unpaired) electrons. The van der Waals surface area contributed by atoms with Crippen LogP contribution < -0.4 is 0 Å². The first-order valence-electron chi connectivity index (χ1n) is 8.24. The Balaban J connectivity index is 1.65. The van der Waals surface area contributed by atoms with Crippen LogP contribution in [0.1, 0.15) is 38.1 Å². The summed E-state index contributed by atoms with van der Waals surface area (Å²) < 4.78 is 5.44. The van der Waals surface area contributed by atoms with Crippen molar-refractivity contribution in [1.82, 2.24) is 15.0 Å². The summed E-state index contributed by atoms with van der Waals surface area (Å²) in [5, 5.41) is 4.12. The lowest BCUT2D eigenvalue weighted by Gasteiger charge is -2.33. The molecule has 22 heavy (non-hydrogen) atoms. The maximum Gasteiger partial charge on any atom is 0.241 e. The van der Waals surface area contributed by atoms with Crippen molar-refractivity contribution in [2.24, 2.45) is 11.8 Å². The summed E-state index contributed by atoms with van der Waals surface area (Å²) in [6, 6.07) is 8.23. The van der Waals surface area contributed by atoms with Crippen molar-refractivity contribution in [3.05, 3.63) is 35.7 Å². The molecule has 0 saturated carbocycles. The Bertz CT molecular complexity index is 603. The molecule has 1 atom stereocenters. The quantitative estimate of drug-likeness (QED) is 0.858. The smallest absolute Gasteiger partial charge is 0.241 e. The average molecular weight is 299 g/mol. The number of hydrogen-bond acceptors (Lipinski definition) is 4. The molecule has 2 heterocycles. The van der Waals surface area contributed by atoms with E-state index in [-0.39, 0.29) is 0 Å². The molecular formula is C18H25N3O. The Morgan fingerprint density at radius 2 is 2.05 bits per heavy atom. The van der Waals surface area contributed by atoms with Crippen LogP contribution in [0.3, 0.4) is 0 Å². The van der Waals surface area contributed by atoms with Crippen molar-refractivity contribution in [3.63, 3.8) is 0 Å². The van der Waals surface area contributed by atoms with Gasteiger partial charge in [0.25, 0.3) is 0 Å². The molecule has 0 spiro atoms. The molecule has 1 fully saturated rings. The first kappa shape index (κ1) is 15.2. The zero-order chi connectivity index (χ0) is 15.5. The van der Waals surface area contributed by atoms with Crippen LogP contribution in [-0.2, 0) is 6.54 Å².